The van der Waals surface area contributed by atoms with E-state index in [1.54, 1.807) is 12.7 Å². The smallest absolute Gasteiger partial charge is 0.137 e. The Morgan fingerprint density at radius 3 is 3.04 bits per heavy atom. The van der Waals surface area contributed by atoms with E-state index in [0.717, 1.165) is 57.1 Å². The molecule has 2 atom stereocenters. The van der Waals surface area contributed by atoms with E-state index in [1.165, 1.54) is 5.56 Å². The predicted octanol–water partition coefficient (Wildman–Crippen LogP) is 1.94. The van der Waals surface area contributed by atoms with E-state index in [-0.39, 0.29) is 11.7 Å². The molecule has 2 fully saturated rings. The summed E-state index contributed by atoms with van der Waals surface area (Å²) in [6.45, 7) is 8.82. The second kappa shape index (κ2) is 6.90. The van der Waals surface area contributed by atoms with Gasteiger partial charge >= 0.3 is 0 Å². The lowest BCUT2D eigenvalue weighted by Gasteiger charge is -2.31. The number of hydrogen-bond donors (Lipinski definition) is 0. The third kappa shape index (κ3) is 3.78. The van der Waals surface area contributed by atoms with Crippen molar-refractivity contribution in [1.29, 1.82) is 0 Å². The molecule has 4 rings (SSSR count). The Balaban J connectivity index is 1.41. The van der Waals surface area contributed by atoms with Gasteiger partial charge in [0.15, 0.2) is 0 Å². The fourth-order valence-corrected chi connectivity index (χ4v) is 3.85. The van der Waals surface area contributed by atoms with Gasteiger partial charge in [-0.15, -0.1) is 0 Å². The number of nitrogens with zero attached hydrogens (tertiary/aromatic N) is 4. The Labute approximate surface area is 147 Å². The fraction of sp³-hybridized carbons (Fsp3) is 0.667. The summed E-state index contributed by atoms with van der Waals surface area (Å²) in [5, 5.41) is 4.18. The molecule has 7 nitrogen and oxygen atoms in total. The van der Waals surface area contributed by atoms with Crippen molar-refractivity contribution < 1.29 is 13.9 Å². The molecule has 0 amide bonds. The predicted molar refractivity (Wildman–Crippen MR) is 91.1 cm³/mol. The molecule has 0 saturated carbocycles. The Morgan fingerprint density at radius 2 is 2.28 bits per heavy atom. The lowest BCUT2D eigenvalue weighted by Crippen LogP contribution is -2.44. The van der Waals surface area contributed by atoms with Crippen LogP contribution in [-0.4, -0.2) is 57.7 Å². The third-order valence-corrected chi connectivity index (χ3v) is 5.22. The lowest BCUT2D eigenvalue weighted by molar-refractivity contribution is -0.0907. The van der Waals surface area contributed by atoms with Gasteiger partial charge in [-0.3, -0.25) is 9.58 Å². The standard InChI is InChI=1S/C18H26N4O3/c1-14-7-17(24-15(14)2)8-21-5-6-23-11-18(10-21)4-3-16(25-18)9-22-13-19-12-20-22/h7,12-13,16H,3-6,8-11H2,1-2H3/t16-,18+/m0/s1. The van der Waals surface area contributed by atoms with Crippen LogP contribution in [0.1, 0.15) is 29.9 Å². The Hall–Kier alpha value is -1.70. The molecule has 0 aliphatic carbocycles. The minimum Gasteiger partial charge on any atom is -0.465 e. The van der Waals surface area contributed by atoms with Gasteiger partial charge in [0.25, 0.3) is 0 Å². The first-order valence-electron chi connectivity index (χ1n) is 8.98. The highest BCUT2D eigenvalue weighted by Gasteiger charge is 2.43. The Kier molecular flexibility index (Phi) is 4.62. The first-order chi connectivity index (χ1) is 12.1. The quantitative estimate of drug-likeness (QED) is 0.843. The van der Waals surface area contributed by atoms with Crippen LogP contribution in [0.15, 0.2) is 23.1 Å². The number of rotatable bonds is 4. The van der Waals surface area contributed by atoms with Gasteiger partial charge in [-0.25, -0.2) is 4.98 Å². The fourth-order valence-electron chi connectivity index (χ4n) is 3.85. The summed E-state index contributed by atoms with van der Waals surface area (Å²) in [7, 11) is 0. The monoisotopic (exact) mass is 346 g/mol. The van der Waals surface area contributed by atoms with E-state index in [4.69, 9.17) is 13.9 Å². The van der Waals surface area contributed by atoms with Gasteiger partial charge in [0.05, 0.1) is 32.4 Å². The highest BCUT2D eigenvalue weighted by atomic mass is 16.6. The number of ether oxygens (including phenoxy) is 2. The minimum atomic E-state index is -0.224. The summed E-state index contributed by atoms with van der Waals surface area (Å²) in [4.78, 5) is 6.40. The first kappa shape index (κ1) is 16.8. The van der Waals surface area contributed by atoms with Crippen LogP contribution < -0.4 is 0 Å². The molecule has 25 heavy (non-hydrogen) atoms. The summed E-state index contributed by atoms with van der Waals surface area (Å²) in [5.41, 5.74) is 0.985. The number of hydrogen-bond acceptors (Lipinski definition) is 6. The molecule has 2 saturated heterocycles. The number of aromatic nitrogens is 3. The molecular formula is C18H26N4O3. The SMILES string of the molecule is Cc1cc(CN2CCOC[C@@]3(CC[C@@H](Cn4cncn4)O3)C2)oc1C. The average molecular weight is 346 g/mol. The van der Waals surface area contributed by atoms with Crippen molar-refractivity contribution in [2.45, 2.75) is 51.5 Å². The lowest BCUT2D eigenvalue weighted by atomic mass is 10.00. The average Bonchev–Trinajstić information content (AvgIpc) is 3.25. The van der Waals surface area contributed by atoms with Gasteiger partial charge in [0, 0.05) is 13.1 Å². The summed E-state index contributed by atoms with van der Waals surface area (Å²) in [5.74, 6) is 2.02. The van der Waals surface area contributed by atoms with E-state index < -0.39 is 0 Å². The zero-order chi connectivity index (χ0) is 17.3. The number of aryl methyl sites for hydroxylation is 2. The van der Waals surface area contributed by atoms with E-state index in [2.05, 4.69) is 28.0 Å². The zero-order valence-electron chi connectivity index (χ0n) is 15.0. The van der Waals surface area contributed by atoms with Crippen LogP contribution in [-0.2, 0) is 22.6 Å². The molecule has 0 radical (unpaired) electrons. The van der Waals surface area contributed by atoms with Gasteiger partial charge in [-0.2, -0.15) is 5.10 Å². The summed E-state index contributed by atoms with van der Waals surface area (Å²) >= 11 is 0. The van der Waals surface area contributed by atoms with Crippen molar-refractivity contribution in [3.8, 4) is 0 Å². The highest BCUT2D eigenvalue weighted by molar-refractivity contribution is 5.18. The third-order valence-electron chi connectivity index (χ3n) is 5.22. The first-order valence-corrected chi connectivity index (χ1v) is 8.98. The molecule has 0 aromatic carbocycles. The van der Waals surface area contributed by atoms with E-state index in [0.29, 0.717) is 6.61 Å². The van der Waals surface area contributed by atoms with E-state index in [9.17, 15) is 0 Å². The van der Waals surface area contributed by atoms with Crippen LogP contribution in [0.3, 0.4) is 0 Å². The van der Waals surface area contributed by atoms with Gasteiger partial charge in [0.2, 0.25) is 0 Å². The van der Waals surface area contributed by atoms with E-state index >= 15 is 0 Å². The Bertz CT molecular complexity index is 680. The van der Waals surface area contributed by atoms with Gasteiger partial charge in [0.1, 0.15) is 29.8 Å². The summed E-state index contributed by atoms with van der Waals surface area (Å²) in [6.07, 6.45) is 5.51. The molecule has 0 unspecified atom stereocenters. The van der Waals surface area contributed by atoms with Crippen LogP contribution in [0.5, 0.6) is 0 Å². The van der Waals surface area contributed by atoms with Crippen molar-refractivity contribution in [2.24, 2.45) is 0 Å². The normalized spacial score (nSPS) is 27.8. The largest absolute Gasteiger partial charge is 0.465 e. The van der Waals surface area contributed by atoms with Gasteiger partial charge < -0.3 is 13.9 Å². The van der Waals surface area contributed by atoms with Crippen molar-refractivity contribution in [2.75, 3.05) is 26.3 Å². The molecule has 2 aliphatic rings. The van der Waals surface area contributed by atoms with Crippen LogP contribution in [0.2, 0.25) is 0 Å². The highest BCUT2D eigenvalue weighted by Crippen LogP contribution is 2.34. The van der Waals surface area contributed by atoms with E-state index in [1.807, 2.05) is 11.6 Å². The molecule has 4 heterocycles. The van der Waals surface area contributed by atoms with Gasteiger partial charge in [-0.1, -0.05) is 0 Å². The number of furan rings is 1. The molecule has 2 aromatic heterocycles. The molecule has 0 bridgehead atoms. The zero-order valence-corrected chi connectivity index (χ0v) is 15.0. The second-order valence-electron chi connectivity index (χ2n) is 7.29. The molecule has 1 spiro atoms. The molecule has 0 N–H and O–H groups in total. The van der Waals surface area contributed by atoms with Crippen molar-refractivity contribution in [1.82, 2.24) is 19.7 Å². The van der Waals surface area contributed by atoms with Crippen molar-refractivity contribution >= 4 is 0 Å². The van der Waals surface area contributed by atoms with Crippen molar-refractivity contribution in [3.63, 3.8) is 0 Å². The molecular weight excluding hydrogens is 320 g/mol. The summed E-state index contributed by atoms with van der Waals surface area (Å²) in [6, 6.07) is 2.14. The van der Waals surface area contributed by atoms with Crippen LogP contribution in [0.4, 0.5) is 0 Å². The van der Waals surface area contributed by atoms with Crippen LogP contribution in [0.25, 0.3) is 0 Å². The molecule has 2 aliphatic heterocycles. The molecule has 2 aromatic rings. The van der Waals surface area contributed by atoms with Crippen molar-refractivity contribution in [3.05, 3.63) is 35.8 Å². The maximum atomic E-state index is 6.45. The Morgan fingerprint density at radius 1 is 1.36 bits per heavy atom. The van der Waals surface area contributed by atoms with Crippen LogP contribution >= 0.6 is 0 Å². The van der Waals surface area contributed by atoms with Crippen LogP contribution in [0, 0.1) is 13.8 Å². The second-order valence-corrected chi connectivity index (χ2v) is 7.29. The maximum absolute atomic E-state index is 6.45. The topological polar surface area (TPSA) is 65.5 Å². The molecule has 136 valence electrons. The maximum Gasteiger partial charge on any atom is 0.137 e. The summed E-state index contributed by atoms with van der Waals surface area (Å²) < 4.78 is 20.0. The molecule has 7 heteroatoms. The minimum absolute atomic E-state index is 0.165. The van der Waals surface area contributed by atoms with Gasteiger partial charge in [-0.05, 0) is 38.3 Å².